The maximum absolute atomic E-state index is 13.3. The minimum atomic E-state index is -0.406. The third-order valence-corrected chi connectivity index (χ3v) is 3.35. The molecule has 0 unspecified atom stereocenters. The Labute approximate surface area is 140 Å². The molecule has 2 rings (SSSR count). The molecule has 0 radical (unpaired) electrons. The van der Waals surface area contributed by atoms with Crippen LogP contribution in [0.2, 0.25) is 0 Å². The molecule has 0 atom stereocenters. The van der Waals surface area contributed by atoms with Gasteiger partial charge in [-0.2, -0.15) is 0 Å². The zero-order chi connectivity index (χ0) is 17.4. The van der Waals surface area contributed by atoms with E-state index in [0.29, 0.717) is 26.1 Å². The Hall–Kier alpha value is -2.63. The molecule has 2 aromatic rings. The van der Waals surface area contributed by atoms with E-state index in [9.17, 15) is 13.6 Å². The Bertz CT molecular complexity index is 680. The van der Waals surface area contributed by atoms with Crippen molar-refractivity contribution < 1.29 is 18.3 Å². The molecule has 0 bridgehead atoms. The largest absolute Gasteiger partial charge is 0.490 e. The lowest BCUT2D eigenvalue weighted by Gasteiger charge is -2.18. The summed E-state index contributed by atoms with van der Waals surface area (Å²) in [6.45, 7) is 1.02. The van der Waals surface area contributed by atoms with E-state index in [0.717, 1.165) is 5.56 Å². The van der Waals surface area contributed by atoms with Crippen molar-refractivity contribution in [2.24, 2.45) is 0 Å². The van der Waals surface area contributed by atoms with Gasteiger partial charge in [-0.1, -0.05) is 24.3 Å². The average Bonchev–Trinajstić information content (AvgIpc) is 2.56. The number of ether oxygens (including phenoxy) is 1. The number of halogens is 2. The van der Waals surface area contributed by atoms with Gasteiger partial charge in [0.2, 0.25) is 0 Å². The summed E-state index contributed by atoms with van der Waals surface area (Å²) in [7, 11) is 1.64. The summed E-state index contributed by atoms with van der Waals surface area (Å²) in [5.74, 6) is -0.532. The lowest BCUT2D eigenvalue weighted by Crippen LogP contribution is -2.37. The number of benzene rings is 2. The smallest absolute Gasteiger partial charge is 0.317 e. The SMILES string of the molecule is CN(Cc1cccc(F)c1)C(=O)NCCCOc1ccccc1F. The second-order valence-electron chi connectivity index (χ2n) is 5.35. The number of carbonyl (C=O) groups is 1. The summed E-state index contributed by atoms with van der Waals surface area (Å²) in [5, 5.41) is 2.74. The quantitative estimate of drug-likeness (QED) is 0.787. The number of amides is 2. The van der Waals surface area contributed by atoms with Gasteiger partial charge in [0.15, 0.2) is 11.6 Å². The van der Waals surface area contributed by atoms with Gasteiger partial charge in [-0.3, -0.25) is 0 Å². The molecule has 4 nitrogen and oxygen atoms in total. The molecular weight excluding hydrogens is 314 g/mol. The number of nitrogens with one attached hydrogen (secondary N) is 1. The summed E-state index contributed by atoms with van der Waals surface area (Å²) in [5.41, 5.74) is 0.718. The Kier molecular flexibility index (Phi) is 6.54. The summed E-state index contributed by atoms with van der Waals surface area (Å²) < 4.78 is 31.8. The van der Waals surface area contributed by atoms with Crippen LogP contribution in [0.3, 0.4) is 0 Å². The van der Waals surface area contributed by atoms with E-state index in [2.05, 4.69) is 5.32 Å². The van der Waals surface area contributed by atoms with Gasteiger partial charge in [0.05, 0.1) is 6.61 Å². The molecule has 0 heterocycles. The molecule has 0 spiro atoms. The van der Waals surface area contributed by atoms with Gasteiger partial charge in [-0.25, -0.2) is 13.6 Å². The Morgan fingerprint density at radius 3 is 2.71 bits per heavy atom. The molecule has 6 heteroatoms. The molecular formula is C18H20F2N2O2. The molecule has 0 aromatic heterocycles. The van der Waals surface area contributed by atoms with E-state index in [1.54, 1.807) is 37.4 Å². The second-order valence-corrected chi connectivity index (χ2v) is 5.35. The van der Waals surface area contributed by atoms with Gasteiger partial charge in [0.1, 0.15) is 5.82 Å². The Balaban J connectivity index is 1.66. The van der Waals surface area contributed by atoms with Crippen LogP contribution in [0.25, 0.3) is 0 Å². The van der Waals surface area contributed by atoms with Crippen LogP contribution < -0.4 is 10.1 Å². The van der Waals surface area contributed by atoms with Crippen LogP contribution in [-0.2, 0) is 6.54 Å². The molecule has 2 aromatic carbocycles. The minimum Gasteiger partial charge on any atom is -0.490 e. The van der Waals surface area contributed by atoms with Crippen LogP contribution in [0.5, 0.6) is 5.75 Å². The Morgan fingerprint density at radius 1 is 1.17 bits per heavy atom. The molecule has 0 aliphatic carbocycles. The lowest BCUT2D eigenvalue weighted by atomic mass is 10.2. The van der Waals surface area contributed by atoms with E-state index in [4.69, 9.17) is 4.74 Å². The van der Waals surface area contributed by atoms with Crippen molar-refractivity contribution in [3.8, 4) is 5.75 Å². The fraction of sp³-hybridized carbons (Fsp3) is 0.278. The number of hydrogen-bond donors (Lipinski definition) is 1. The fourth-order valence-electron chi connectivity index (χ4n) is 2.13. The molecule has 1 N–H and O–H groups in total. The highest BCUT2D eigenvalue weighted by molar-refractivity contribution is 5.73. The van der Waals surface area contributed by atoms with Crippen molar-refractivity contribution in [3.05, 3.63) is 65.7 Å². The van der Waals surface area contributed by atoms with Crippen molar-refractivity contribution in [2.75, 3.05) is 20.2 Å². The topological polar surface area (TPSA) is 41.6 Å². The minimum absolute atomic E-state index is 0.201. The maximum Gasteiger partial charge on any atom is 0.317 e. The van der Waals surface area contributed by atoms with Gasteiger partial charge in [0, 0.05) is 20.1 Å². The van der Waals surface area contributed by atoms with Crippen molar-refractivity contribution in [1.82, 2.24) is 10.2 Å². The van der Waals surface area contributed by atoms with Crippen molar-refractivity contribution in [2.45, 2.75) is 13.0 Å². The van der Waals surface area contributed by atoms with Gasteiger partial charge < -0.3 is 15.0 Å². The average molecular weight is 334 g/mol. The molecule has 0 saturated heterocycles. The van der Waals surface area contributed by atoms with E-state index >= 15 is 0 Å². The van der Waals surface area contributed by atoms with E-state index < -0.39 is 5.82 Å². The van der Waals surface area contributed by atoms with E-state index in [1.165, 1.54) is 23.1 Å². The number of hydrogen-bond acceptors (Lipinski definition) is 2. The number of nitrogens with zero attached hydrogens (tertiary/aromatic N) is 1. The highest BCUT2D eigenvalue weighted by Gasteiger charge is 2.09. The predicted molar refractivity (Wildman–Crippen MR) is 87.8 cm³/mol. The number of urea groups is 1. The predicted octanol–water partition coefficient (Wildman–Crippen LogP) is 3.58. The highest BCUT2D eigenvalue weighted by atomic mass is 19.1. The van der Waals surface area contributed by atoms with Crippen LogP contribution >= 0.6 is 0 Å². The molecule has 2 amide bonds. The molecule has 0 saturated carbocycles. The highest BCUT2D eigenvalue weighted by Crippen LogP contribution is 2.15. The first-order valence-electron chi connectivity index (χ1n) is 7.67. The van der Waals surface area contributed by atoms with Crippen molar-refractivity contribution in [1.29, 1.82) is 0 Å². The van der Waals surface area contributed by atoms with Crippen LogP contribution in [0, 0.1) is 11.6 Å². The number of para-hydroxylation sites is 1. The van der Waals surface area contributed by atoms with Crippen molar-refractivity contribution >= 4 is 6.03 Å². The maximum atomic E-state index is 13.3. The van der Waals surface area contributed by atoms with Crippen LogP contribution in [0.1, 0.15) is 12.0 Å². The third-order valence-electron chi connectivity index (χ3n) is 3.35. The van der Waals surface area contributed by atoms with Gasteiger partial charge >= 0.3 is 6.03 Å². The second kappa shape index (κ2) is 8.86. The summed E-state index contributed by atoms with van der Waals surface area (Å²) >= 11 is 0. The first-order valence-corrected chi connectivity index (χ1v) is 7.67. The zero-order valence-corrected chi connectivity index (χ0v) is 13.5. The monoisotopic (exact) mass is 334 g/mol. The van der Waals surface area contributed by atoms with Crippen LogP contribution in [0.15, 0.2) is 48.5 Å². The molecule has 0 aliphatic rings. The lowest BCUT2D eigenvalue weighted by molar-refractivity contribution is 0.205. The first kappa shape index (κ1) is 17.7. The number of carbonyl (C=O) groups excluding carboxylic acids is 1. The van der Waals surface area contributed by atoms with Gasteiger partial charge in [0.25, 0.3) is 0 Å². The van der Waals surface area contributed by atoms with Gasteiger partial charge in [-0.05, 0) is 36.2 Å². The van der Waals surface area contributed by atoms with Crippen LogP contribution in [0.4, 0.5) is 13.6 Å². The first-order chi connectivity index (χ1) is 11.6. The third kappa shape index (κ3) is 5.53. The fourth-order valence-corrected chi connectivity index (χ4v) is 2.13. The summed E-state index contributed by atoms with van der Waals surface area (Å²) in [4.78, 5) is 13.4. The summed E-state index contributed by atoms with van der Waals surface area (Å²) in [6, 6.07) is 12.0. The van der Waals surface area contributed by atoms with E-state index in [-0.39, 0.29) is 17.6 Å². The standard InChI is InChI=1S/C18H20F2N2O2/c1-22(13-14-6-4-7-15(19)12-14)18(23)21-10-5-11-24-17-9-3-2-8-16(17)20/h2-4,6-9,12H,5,10-11,13H2,1H3,(H,21,23). The normalized spacial score (nSPS) is 10.3. The molecule has 0 aliphatic heterocycles. The number of rotatable bonds is 7. The van der Waals surface area contributed by atoms with Crippen molar-refractivity contribution in [3.63, 3.8) is 0 Å². The zero-order valence-electron chi connectivity index (χ0n) is 13.5. The molecule has 0 fully saturated rings. The summed E-state index contributed by atoms with van der Waals surface area (Å²) in [6.07, 6.45) is 0.549. The van der Waals surface area contributed by atoms with Gasteiger partial charge in [-0.15, -0.1) is 0 Å². The Morgan fingerprint density at radius 2 is 1.96 bits per heavy atom. The van der Waals surface area contributed by atoms with E-state index in [1.807, 2.05) is 0 Å². The van der Waals surface area contributed by atoms with Crippen LogP contribution in [-0.4, -0.2) is 31.1 Å². The molecule has 24 heavy (non-hydrogen) atoms. The molecule has 128 valence electrons.